The van der Waals surface area contributed by atoms with Crippen molar-refractivity contribution in [1.29, 1.82) is 0 Å². The van der Waals surface area contributed by atoms with Crippen LogP contribution in [-0.4, -0.2) is 43.7 Å². The molecule has 0 saturated heterocycles. The molecule has 3 aromatic rings. The zero-order valence-corrected chi connectivity index (χ0v) is 19.2. The van der Waals surface area contributed by atoms with Crippen molar-refractivity contribution in [2.24, 2.45) is 10.1 Å². The van der Waals surface area contributed by atoms with E-state index in [9.17, 15) is 4.79 Å². The van der Waals surface area contributed by atoms with Gasteiger partial charge in [-0.3, -0.25) is 9.79 Å². The van der Waals surface area contributed by atoms with Crippen molar-refractivity contribution in [3.8, 4) is 28.5 Å². The maximum Gasteiger partial charge on any atom is 0.262 e. The van der Waals surface area contributed by atoms with Gasteiger partial charge in [-0.1, -0.05) is 0 Å². The summed E-state index contributed by atoms with van der Waals surface area (Å²) < 4.78 is 18.1. The van der Waals surface area contributed by atoms with Crippen LogP contribution in [0.25, 0.3) is 11.3 Å². The van der Waals surface area contributed by atoms with Crippen LogP contribution in [0.4, 0.5) is 5.69 Å². The van der Waals surface area contributed by atoms with Crippen molar-refractivity contribution in [3.63, 3.8) is 0 Å². The van der Waals surface area contributed by atoms with Gasteiger partial charge in [0.25, 0.3) is 5.91 Å². The number of carbonyl (C=O) groups excluding carboxylic acids is 1. The zero-order valence-electron chi connectivity index (χ0n) is 18.3. The van der Waals surface area contributed by atoms with Crippen molar-refractivity contribution in [2.45, 2.75) is 13.8 Å². The standard InChI is InChI=1S/C23H24N4O4S/c1-5-24-23-27(26-14(2)17-8-7-16(29-3)11-21(17)30-4)19(13-32-23)15-6-9-20-18(10-15)25-22(28)12-31-20/h6-11,13H,5,12H2,1-4H3,(H,25,28). The summed E-state index contributed by atoms with van der Waals surface area (Å²) in [6.45, 7) is 4.57. The van der Waals surface area contributed by atoms with Gasteiger partial charge in [0.1, 0.15) is 17.2 Å². The Bertz CT molecular complexity index is 1260. The highest BCUT2D eigenvalue weighted by atomic mass is 32.1. The van der Waals surface area contributed by atoms with E-state index in [1.165, 1.54) is 11.3 Å². The van der Waals surface area contributed by atoms with E-state index in [1.807, 2.05) is 60.3 Å². The molecule has 9 heteroatoms. The van der Waals surface area contributed by atoms with Crippen LogP contribution in [0.2, 0.25) is 0 Å². The van der Waals surface area contributed by atoms with Crippen LogP contribution in [0.5, 0.6) is 17.2 Å². The number of nitrogens with zero attached hydrogens (tertiary/aromatic N) is 3. The highest BCUT2D eigenvalue weighted by molar-refractivity contribution is 7.07. The molecule has 0 saturated carbocycles. The third-order valence-electron chi connectivity index (χ3n) is 4.94. The van der Waals surface area contributed by atoms with Gasteiger partial charge in [0.05, 0.1) is 31.3 Å². The third kappa shape index (κ3) is 4.24. The smallest absolute Gasteiger partial charge is 0.262 e. The molecule has 2 aromatic carbocycles. The van der Waals surface area contributed by atoms with Crippen molar-refractivity contribution >= 4 is 28.6 Å². The molecule has 166 valence electrons. The van der Waals surface area contributed by atoms with Gasteiger partial charge in [-0.15, -0.1) is 11.3 Å². The molecule has 1 amide bonds. The SMILES string of the molecule is CCN=c1scc(-c2ccc3c(c2)NC(=O)CO3)n1N=C(C)c1ccc(OC)cc1OC. The largest absolute Gasteiger partial charge is 0.497 e. The molecule has 0 atom stereocenters. The number of ether oxygens (including phenoxy) is 3. The Hall–Kier alpha value is -3.59. The molecule has 4 rings (SSSR count). The van der Waals surface area contributed by atoms with Gasteiger partial charge in [0, 0.05) is 29.1 Å². The number of thiazole rings is 1. The number of rotatable bonds is 6. The van der Waals surface area contributed by atoms with E-state index >= 15 is 0 Å². The van der Waals surface area contributed by atoms with Gasteiger partial charge in [-0.2, -0.15) is 5.10 Å². The summed E-state index contributed by atoms with van der Waals surface area (Å²) in [5.74, 6) is 1.86. The first kappa shape index (κ1) is 21.6. The highest BCUT2D eigenvalue weighted by Gasteiger charge is 2.18. The summed E-state index contributed by atoms with van der Waals surface area (Å²) in [7, 11) is 3.24. The Balaban J connectivity index is 1.82. The van der Waals surface area contributed by atoms with Gasteiger partial charge in [0.2, 0.25) is 4.80 Å². The van der Waals surface area contributed by atoms with E-state index < -0.39 is 0 Å². The lowest BCUT2D eigenvalue weighted by Crippen LogP contribution is -2.25. The second-order valence-corrected chi connectivity index (χ2v) is 7.83. The van der Waals surface area contributed by atoms with Crippen molar-refractivity contribution in [2.75, 3.05) is 32.7 Å². The fraction of sp³-hybridized carbons (Fsp3) is 0.261. The lowest BCUT2D eigenvalue weighted by Gasteiger charge is -2.18. The Morgan fingerprint density at radius 2 is 2.06 bits per heavy atom. The average molecular weight is 453 g/mol. The minimum absolute atomic E-state index is 0.0253. The molecule has 0 spiro atoms. The molecule has 1 aromatic heterocycles. The van der Waals surface area contributed by atoms with E-state index in [2.05, 4.69) is 10.3 Å². The highest BCUT2D eigenvalue weighted by Crippen LogP contribution is 2.33. The molecule has 0 bridgehead atoms. The first-order valence-electron chi connectivity index (χ1n) is 10.1. The summed E-state index contributed by atoms with van der Waals surface area (Å²) in [6.07, 6.45) is 0. The minimum atomic E-state index is -0.171. The molecule has 0 unspecified atom stereocenters. The second-order valence-electron chi connectivity index (χ2n) is 6.99. The number of nitrogens with one attached hydrogen (secondary N) is 1. The summed E-state index contributed by atoms with van der Waals surface area (Å²) >= 11 is 1.51. The van der Waals surface area contributed by atoms with Crippen LogP contribution in [-0.2, 0) is 4.79 Å². The molecule has 2 heterocycles. The summed E-state index contributed by atoms with van der Waals surface area (Å²) in [4.78, 5) is 17.1. The number of amides is 1. The molecular weight excluding hydrogens is 428 g/mol. The number of hydrogen-bond acceptors (Lipinski definition) is 7. The predicted octanol–water partition coefficient (Wildman–Crippen LogP) is 3.76. The quantitative estimate of drug-likeness (QED) is 0.577. The summed E-state index contributed by atoms with van der Waals surface area (Å²) in [6, 6.07) is 11.3. The number of fused-ring (bicyclic) bond motifs is 1. The first-order chi connectivity index (χ1) is 15.5. The maximum atomic E-state index is 11.7. The molecule has 1 aliphatic heterocycles. The van der Waals surface area contributed by atoms with Crippen molar-refractivity contribution in [1.82, 2.24) is 4.68 Å². The van der Waals surface area contributed by atoms with Gasteiger partial charge in [-0.25, -0.2) is 4.68 Å². The van der Waals surface area contributed by atoms with Gasteiger partial charge >= 0.3 is 0 Å². The monoisotopic (exact) mass is 452 g/mol. The topological polar surface area (TPSA) is 86.4 Å². The number of carbonyl (C=O) groups is 1. The van der Waals surface area contributed by atoms with Gasteiger partial charge < -0.3 is 19.5 Å². The van der Waals surface area contributed by atoms with Crippen molar-refractivity contribution in [3.05, 3.63) is 52.1 Å². The Morgan fingerprint density at radius 3 is 2.81 bits per heavy atom. The molecule has 8 nitrogen and oxygen atoms in total. The predicted molar refractivity (Wildman–Crippen MR) is 125 cm³/mol. The van der Waals surface area contributed by atoms with Crippen molar-refractivity contribution < 1.29 is 19.0 Å². The molecule has 32 heavy (non-hydrogen) atoms. The number of hydrogen-bond donors (Lipinski definition) is 1. The molecule has 0 fully saturated rings. The minimum Gasteiger partial charge on any atom is -0.497 e. The van der Waals surface area contributed by atoms with Crippen LogP contribution in [0, 0.1) is 0 Å². The normalized spacial score (nSPS) is 13.9. The van der Waals surface area contributed by atoms with Crippen LogP contribution < -0.4 is 24.3 Å². The Kier molecular flexibility index (Phi) is 6.27. The zero-order chi connectivity index (χ0) is 22.7. The summed E-state index contributed by atoms with van der Waals surface area (Å²) in [5, 5.41) is 9.75. The number of methoxy groups -OCH3 is 2. The molecule has 0 aliphatic carbocycles. The van der Waals surface area contributed by atoms with Crippen LogP contribution in [0.1, 0.15) is 19.4 Å². The second kappa shape index (κ2) is 9.27. The van der Waals surface area contributed by atoms with E-state index in [-0.39, 0.29) is 12.5 Å². The van der Waals surface area contributed by atoms with E-state index in [4.69, 9.17) is 19.3 Å². The molecule has 0 radical (unpaired) electrons. The van der Waals surface area contributed by atoms with E-state index in [0.29, 0.717) is 29.5 Å². The van der Waals surface area contributed by atoms with Crippen LogP contribution >= 0.6 is 11.3 Å². The van der Waals surface area contributed by atoms with E-state index in [1.54, 1.807) is 14.2 Å². The summed E-state index contributed by atoms with van der Waals surface area (Å²) in [5.41, 5.74) is 4.00. The maximum absolute atomic E-state index is 11.7. The van der Waals surface area contributed by atoms with E-state index in [0.717, 1.165) is 27.3 Å². The van der Waals surface area contributed by atoms with Crippen LogP contribution in [0.15, 0.2) is 51.9 Å². The molecule has 1 N–H and O–H groups in total. The fourth-order valence-corrected chi connectivity index (χ4v) is 4.28. The van der Waals surface area contributed by atoms with Crippen LogP contribution in [0.3, 0.4) is 0 Å². The molecular formula is C23H24N4O4S. The number of aromatic nitrogens is 1. The first-order valence-corrected chi connectivity index (χ1v) is 11.0. The average Bonchev–Trinajstić information content (AvgIpc) is 3.20. The lowest BCUT2D eigenvalue weighted by molar-refractivity contribution is -0.118. The lowest BCUT2D eigenvalue weighted by atomic mass is 10.1. The third-order valence-corrected chi connectivity index (χ3v) is 5.79. The van der Waals surface area contributed by atoms with Gasteiger partial charge in [-0.05, 0) is 44.2 Å². The number of benzene rings is 2. The fourth-order valence-electron chi connectivity index (χ4n) is 3.38. The molecule has 1 aliphatic rings. The number of anilines is 1. The Labute approximate surface area is 189 Å². The Morgan fingerprint density at radius 1 is 1.22 bits per heavy atom. The van der Waals surface area contributed by atoms with Gasteiger partial charge in [0.15, 0.2) is 6.61 Å².